The SMILES string of the molecule is CCCCC/C=C\C/C=C\CCCCCCCC(=O)OCCCCCCCCCCCCCCCCCCCCCCCCC(=O)NC(CO)C(O)/C=C/CCCCCCCCCCCC. The predicted molar refractivity (Wildman–Crippen MR) is 287 cm³/mol. The second-order valence-corrected chi connectivity index (χ2v) is 20.0. The van der Waals surface area contributed by atoms with Gasteiger partial charge in [0, 0.05) is 12.8 Å². The lowest BCUT2D eigenvalue weighted by molar-refractivity contribution is -0.143. The predicted octanol–water partition coefficient (Wildman–Crippen LogP) is 18.0. The monoisotopic (exact) mass is 928 g/mol. The first-order valence-electron chi connectivity index (χ1n) is 29.3. The molecule has 0 aromatic rings. The maximum atomic E-state index is 12.4. The molecule has 0 radical (unpaired) electrons. The Labute approximate surface area is 411 Å². The van der Waals surface area contributed by atoms with Gasteiger partial charge in [0.15, 0.2) is 0 Å². The van der Waals surface area contributed by atoms with E-state index in [-0.39, 0.29) is 18.5 Å². The molecule has 0 spiro atoms. The van der Waals surface area contributed by atoms with Crippen LogP contribution >= 0.6 is 0 Å². The van der Waals surface area contributed by atoms with Gasteiger partial charge in [-0.2, -0.15) is 0 Å². The van der Waals surface area contributed by atoms with Crippen LogP contribution in [0.5, 0.6) is 0 Å². The number of ether oxygens (including phenoxy) is 1. The number of carbonyl (C=O) groups excluding carboxylic acids is 2. The Bertz CT molecular complexity index is 1070. The molecule has 0 saturated heterocycles. The molecule has 388 valence electrons. The number of carbonyl (C=O) groups is 2. The molecule has 0 rings (SSSR count). The van der Waals surface area contributed by atoms with Gasteiger partial charge in [0.1, 0.15) is 0 Å². The number of hydrogen-bond donors (Lipinski definition) is 3. The quantitative estimate of drug-likeness (QED) is 0.0321. The summed E-state index contributed by atoms with van der Waals surface area (Å²) in [6.45, 7) is 4.87. The zero-order valence-electron chi connectivity index (χ0n) is 44.2. The van der Waals surface area contributed by atoms with Gasteiger partial charge in [0.25, 0.3) is 0 Å². The molecule has 1 amide bonds. The maximum absolute atomic E-state index is 12.4. The van der Waals surface area contributed by atoms with E-state index in [2.05, 4.69) is 43.5 Å². The molecule has 6 heteroatoms. The molecule has 0 aromatic heterocycles. The molecule has 0 aliphatic carbocycles. The van der Waals surface area contributed by atoms with Crippen LogP contribution in [0.1, 0.15) is 309 Å². The second-order valence-electron chi connectivity index (χ2n) is 20.0. The van der Waals surface area contributed by atoms with Crippen LogP contribution in [-0.4, -0.2) is 47.4 Å². The summed E-state index contributed by atoms with van der Waals surface area (Å²) in [5.41, 5.74) is 0. The van der Waals surface area contributed by atoms with E-state index in [4.69, 9.17) is 4.74 Å². The molecule has 0 bridgehead atoms. The summed E-state index contributed by atoms with van der Waals surface area (Å²) in [6, 6.07) is -0.627. The number of aliphatic hydroxyl groups excluding tert-OH is 2. The first kappa shape index (κ1) is 64.1. The fourth-order valence-corrected chi connectivity index (χ4v) is 8.90. The molecule has 0 aliphatic heterocycles. The number of hydrogen-bond acceptors (Lipinski definition) is 5. The van der Waals surface area contributed by atoms with Gasteiger partial charge in [-0.3, -0.25) is 9.59 Å². The highest BCUT2D eigenvalue weighted by molar-refractivity contribution is 5.76. The van der Waals surface area contributed by atoms with Crippen LogP contribution in [0.4, 0.5) is 0 Å². The number of rotatable bonds is 54. The lowest BCUT2D eigenvalue weighted by atomic mass is 10.0. The van der Waals surface area contributed by atoms with Crippen molar-refractivity contribution >= 4 is 11.9 Å². The zero-order valence-corrected chi connectivity index (χ0v) is 44.2. The fourth-order valence-electron chi connectivity index (χ4n) is 8.90. The number of esters is 1. The summed E-state index contributed by atoms with van der Waals surface area (Å²) >= 11 is 0. The molecule has 3 N–H and O–H groups in total. The lowest BCUT2D eigenvalue weighted by Gasteiger charge is -2.20. The van der Waals surface area contributed by atoms with Crippen molar-refractivity contribution in [2.75, 3.05) is 13.2 Å². The average molecular weight is 929 g/mol. The number of amides is 1. The van der Waals surface area contributed by atoms with E-state index in [0.29, 0.717) is 19.4 Å². The Morgan fingerprint density at radius 3 is 1.18 bits per heavy atom. The van der Waals surface area contributed by atoms with E-state index in [1.54, 1.807) is 6.08 Å². The fraction of sp³-hybridized carbons (Fsp3) is 0.867. The van der Waals surface area contributed by atoms with Crippen LogP contribution in [0.25, 0.3) is 0 Å². The minimum absolute atomic E-state index is 0.00161. The third-order valence-corrected chi connectivity index (χ3v) is 13.4. The highest BCUT2D eigenvalue weighted by Crippen LogP contribution is 2.17. The van der Waals surface area contributed by atoms with Crippen molar-refractivity contribution in [3.63, 3.8) is 0 Å². The summed E-state index contributed by atoms with van der Waals surface area (Å²) in [4.78, 5) is 24.5. The molecule has 0 saturated carbocycles. The van der Waals surface area contributed by atoms with Gasteiger partial charge in [-0.15, -0.1) is 0 Å². The number of unbranched alkanes of at least 4 members (excludes halogenated alkanes) is 39. The van der Waals surface area contributed by atoms with E-state index in [1.807, 2.05) is 6.08 Å². The van der Waals surface area contributed by atoms with Gasteiger partial charge in [0.2, 0.25) is 5.91 Å². The van der Waals surface area contributed by atoms with Gasteiger partial charge in [-0.1, -0.05) is 269 Å². The van der Waals surface area contributed by atoms with Crippen LogP contribution in [0, 0.1) is 0 Å². The van der Waals surface area contributed by atoms with Crippen molar-refractivity contribution in [1.29, 1.82) is 0 Å². The Morgan fingerprint density at radius 1 is 0.424 bits per heavy atom. The Balaban J connectivity index is 3.39. The van der Waals surface area contributed by atoms with Crippen molar-refractivity contribution in [2.45, 2.75) is 321 Å². The number of nitrogens with one attached hydrogen (secondary N) is 1. The van der Waals surface area contributed by atoms with Crippen LogP contribution in [0.3, 0.4) is 0 Å². The van der Waals surface area contributed by atoms with Crippen LogP contribution in [0.15, 0.2) is 36.5 Å². The molecule has 0 fully saturated rings. The van der Waals surface area contributed by atoms with E-state index >= 15 is 0 Å². The third-order valence-electron chi connectivity index (χ3n) is 13.4. The second kappa shape index (κ2) is 55.7. The van der Waals surface area contributed by atoms with Crippen LogP contribution in [0.2, 0.25) is 0 Å². The van der Waals surface area contributed by atoms with Gasteiger partial charge < -0.3 is 20.3 Å². The van der Waals surface area contributed by atoms with Crippen molar-refractivity contribution < 1.29 is 24.5 Å². The van der Waals surface area contributed by atoms with E-state index in [9.17, 15) is 19.8 Å². The normalized spacial score (nSPS) is 12.8. The average Bonchev–Trinajstić information content (AvgIpc) is 3.32. The number of aliphatic hydroxyl groups is 2. The largest absolute Gasteiger partial charge is 0.466 e. The topological polar surface area (TPSA) is 95.9 Å². The standard InChI is InChI=1S/C60H113NO5/c1-3-5-7-9-11-13-15-17-26-30-34-38-42-46-50-54-60(65)66-55-51-47-43-39-35-31-28-25-23-21-19-18-20-22-24-27-29-33-37-41-45-49-53-59(64)61-57(56-62)58(63)52-48-44-40-36-32-16-14-12-10-8-6-4-2/h11,13,17,26,48,52,57-58,62-63H,3-10,12,14-16,18-25,27-47,49-51,53-56H2,1-2H3,(H,61,64)/b13-11-,26-17-,52-48+. The first-order valence-corrected chi connectivity index (χ1v) is 29.3. The minimum atomic E-state index is -0.843. The first-order chi connectivity index (χ1) is 32.5. The Hall–Kier alpha value is -1.92. The van der Waals surface area contributed by atoms with Gasteiger partial charge in [-0.05, 0) is 64.2 Å². The van der Waals surface area contributed by atoms with E-state index in [0.717, 1.165) is 51.4 Å². The number of allylic oxidation sites excluding steroid dienone is 5. The summed E-state index contributed by atoms with van der Waals surface area (Å²) in [6.07, 6.45) is 68.8. The molecule has 6 nitrogen and oxygen atoms in total. The maximum Gasteiger partial charge on any atom is 0.305 e. The third kappa shape index (κ3) is 51.5. The van der Waals surface area contributed by atoms with Crippen molar-refractivity contribution in [3.8, 4) is 0 Å². The highest BCUT2D eigenvalue weighted by Gasteiger charge is 2.18. The zero-order chi connectivity index (χ0) is 47.9. The van der Waals surface area contributed by atoms with E-state index < -0.39 is 12.1 Å². The smallest absolute Gasteiger partial charge is 0.305 e. The van der Waals surface area contributed by atoms with Gasteiger partial charge in [0.05, 0.1) is 25.4 Å². The summed E-state index contributed by atoms with van der Waals surface area (Å²) in [5, 5.41) is 23.0. The molecule has 0 aliphatic rings. The summed E-state index contributed by atoms with van der Waals surface area (Å²) < 4.78 is 5.47. The Kier molecular flexibility index (Phi) is 54.1. The van der Waals surface area contributed by atoms with Crippen molar-refractivity contribution in [1.82, 2.24) is 5.32 Å². The minimum Gasteiger partial charge on any atom is -0.466 e. The van der Waals surface area contributed by atoms with E-state index in [1.165, 1.54) is 231 Å². The van der Waals surface area contributed by atoms with Crippen LogP contribution in [-0.2, 0) is 14.3 Å². The molecule has 66 heavy (non-hydrogen) atoms. The molecular formula is C60H113NO5. The molecule has 0 heterocycles. The van der Waals surface area contributed by atoms with Gasteiger partial charge in [-0.25, -0.2) is 0 Å². The summed E-state index contributed by atoms with van der Waals surface area (Å²) in [7, 11) is 0. The van der Waals surface area contributed by atoms with Gasteiger partial charge >= 0.3 is 5.97 Å². The lowest BCUT2D eigenvalue weighted by Crippen LogP contribution is -2.45. The highest BCUT2D eigenvalue weighted by atomic mass is 16.5. The summed E-state index contributed by atoms with van der Waals surface area (Å²) in [5.74, 6) is -0.0705. The Morgan fingerprint density at radius 2 is 0.758 bits per heavy atom. The molecule has 0 aromatic carbocycles. The molecular weight excluding hydrogens is 815 g/mol. The van der Waals surface area contributed by atoms with Crippen LogP contribution < -0.4 is 5.32 Å². The van der Waals surface area contributed by atoms with Crippen molar-refractivity contribution in [2.24, 2.45) is 0 Å². The molecule has 2 unspecified atom stereocenters. The van der Waals surface area contributed by atoms with Crippen molar-refractivity contribution in [3.05, 3.63) is 36.5 Å². The molecule has 2 atom stereocenters.